The smallest absolute Gasteiger partial charge is 0.0722 e. The number of hydrogen-bond donors (Lipinski definition) is 0. The minimum Gasteiger partial charge on any atom is -0.248 e. The topological polar surface area (TPSA) is 12.9 Å². The van der Waals surface area contributed by atoms with Crippen LogP contribution in [0.4, 0.5) is 0 Å². The van der Waals surface area contributed by atoms with Crippen molar-refractivity contribution >= 4 is 43.2 Å². The van der Waals surface area contributed by atoms with E-state index in [1.54, 1.807) is 0 Å². The van der Waals surface area contributed by atoms with E-state index in [1.807, 2.05) is 0 Å². The maximum absolute atomic E-state index is 5.27. The fourth-order valence-corrected chi connectivity index (χ4v) is 8.90. The number of aromatic nitrogens is 1. The number of hydrogen-bond acceptors (Lipinski definition) is 1. The number of benzene rings is 10. The van der Waals surface area contributed by atoms with E-state index in [-0.39, 0.29) is 0 Å². The third-order valence-electron chi connectivity index (χ3n) is 11.6. The zero-order chi connectivity index (χ0) is 38.4. The first-order chi connectivity index (χ1) is 28.8. The zero-order valence-corrected chi connectivity index (χ0v) is 31.8. The molecule has 0 spiro atoms. The van der Waals surface area contributed by atoms with Crippen molar-refractivity contribution < 1.29 is 0 Å². The Balaban J connectivity index is 1.01. The molecule has 1 nitrogen and oxygen atoms in total. The average molecular weight is 736 g/mol. The first-order valence-corrected chi connectivity index (χ1v) is 20.0. The predicted octanol–water partition coefficient (Wildman–Crippen LogP) is 15.7. The van der Waals surface area contributed by atoms with Crippen molar-refractivity contribution in [3.63, 3.8) is 0 Å². The largest absolute Gasteiger partial charge is 0.248 e. The van der Waals surface area contributed by atoms with Crippen LogP contribution in [0.15, 0.2) is 224 Å². The van der Waals surface area contributed by atoms with E-state index in [2.05, 4.69) is 224 Å². The van der Waals surface area contributed by atoms with E-state index in [1.165, 1.54) is 87.8 Å². The molecular weight excluding hydrogens is 699 g/mol. The Labute approximate surface area is 338 Å². The second-order valence-electron chi connectivity index (χ2n) is 15.0. The second-order valence-corrected chi connectivity index (χ2v) is 15.0. The summed E-state index contributed by atoms with van der Waals surface area (Å²) in [6, 6.07) is 81.2. The van der Waals surface area contributed by atoms with Crippen molar-refractivity contribution in [2.75, 3.05) is 0 Å². The van der Waals surface area contributed by atoms with Gasteiger partial charge in [0.15, 0.2) is 0 Å². The monoisotopic (exact) mass is 735 g/mol. The lowest BCUT2D eigenvalue weighted by Crippen LogP contribution is -1.92. The van der Waals surface area contributed by atoms with E-state index in [4.69, 9.17) is 4.98 Å². The molecular formula is C57H37N. The summed E-state index contributed by atoms with van der Waals surface area (Å²) in [5.41, 5.74) is 15.2. The summed E-state index contributed by atoms with van der Waals surface area (Å²) >= 11 is 0. The molecule has 58 heavy (non-hydrogen) atoms. The first-order valence-electron chi connectivity index (χ1n) is 20.0. The van der Waals surface area contributed by atoms with E-state index in [0.29, 0.717) is 0 Å². The van der Waals surface area contributed by atoms with Crippen LogP contribution in [0.5, 0.6) is 0 Å². The van der Waals surface area contributed by atoms with Gasteiger partial charge in [0, 0.05) is 10.9 Å². The molecule has 0 bridgehead atoms. The van der Waals surface area contributed by atoms with Gasteiger partial charge in [-0.25, -0.2) is 4.98 Å². The summed E-state index contributed by atoms with van der Waals surface area (Å²) in [5.74, 6) is 0. The fraction of sp³-hybridized carbons (Fsp3) is 0. The van der Waals surface area contributed by atoms with Gasteiger partial charge in [0.05, 0.1) is 11.2 Å². The molecule has 10 aromatic carbocycles. The Bertz CT molecular complexity index is 3290. The number of pyridine rings is 1. The fourth-order valence-electron chi connectivity index (χ4n) is 8.90. The number of fused-ring (bicyclic) bond motifs is 5. The van der Waals surface area contributed by atoms with Crippen molar-refractivity contribution in [3.05, 3.63) is 224 Å². The number of rotatable bonds is 6. The first kappa shape index (κ1) is 33.7. The minimum absolute atomic E-state index is 0.966. The molecule has 0 aliphatic heterocycles. The standard InChI is InChI=1S/C57H37N/c1-4-15-40(16-5-1)51-37-54(58-53-34-32-41-17-10-11-24-47(41)57(51)53)46-23-14-22-44(35-46)38-27-29-39(30-28-38)45-31-33-50-52(36-45)56(43-20-8-3-9-21-43)49-26-13-12-25-48(49)55(50)42-18-6-2-7-19-42/h1-37H. The van der Waals surface area contributed by atoms with Crippen molar-refractivity contribution in [2.24, 2.45) is 0 Å². The molecule has 0 atom stereocenters. The Kier molecular flexibility index (Phi) is 8.23. The van der Waals surface area contributed by atoms with Crippen LogP contribution in [0.3, 0.4) is 0 Å². The average Bonchev–Trinajstić information content (AvgIpc) is 3.31. The molecule has 0 aliphatic rings. The molecule has 0 saturated carbocycles. The van der Waals surface area contributed by atoms with Crippen LogP contribution >= 0.6 is 0 Å². The van der Waals surface area contributed by atoms with Gasteiger partial charge in [-0.05, 0) is 112 Å². The van der Waals surface area contributed by atoms with Crippen LogP contribution in [0.25, 0.3) is 110 Å². The van der Waals surface area contributed by atoms with Gasteiger partial charge in [-0.2, -0.15) is 0 Å². The summed E-state index contributed by atoms with van der Waals surface area (Å²) in [6.07, 6.45) is 0. The highest BCUT2D eigenvalue weighted by Crippen LogP contribution is 2.45. The van der Waals surface area contributed by atoms with Gasteiger partial charge in [-0.15, -0.1) is 0 Å². The van der Waals surface area contributed by atoms with Gasteiger partial charge < -0.3 is 0 Å². The number of nitrogens with zero attached hydrogens (tertiary/aromatic N) is 1. The highest BCUT2D eigenvalue weighted by Gasteiger charge is 2.18. The van der Waals surface area contributed by atoms with Crippen LogP contribution in [0.2, 0.25) is 0 Å². The maximum atomic E-state index is 5.27. The Hall–Kier alpha value is -7.61. The van der Waals surface area contributed by atoms with E-state index < -0.39 is 0 Å². The lowest BCUT2D eigenvalue weighted by atomic mass is 9.85. The molecule has 0 fully saturated rings. The SMILES string of the molecule is c1ccc(-c2c3ccccc3c(-c3ccccc3)c3cc(-c4ccc(-c5cccc(-c6cc(-c7ccccc7)c7c(ccc8ccccc87)n6)c5)cc4)ccc23)cc1. The molecule has 11 rings (SSSR count). The van der Waals surface area contributed by atoms with Crippen LogP contribution in [-0.2, 0) is 0 Å². The Morgan fingerprint density at radius 1 is 0.259 bits per heavy atom. The molecule has 270 valence electrons. The van der Waals surface area contributed by atoms with Crippen LogP contribution in [-0.4, -0.2) is 4.98 Å². The highest BCUT2D eigenvalue weighted by molar-refractivity contribution is 6.22. The van der Waals surface area contributed by atoms with Gasteiger partial charge in [0.2, 0.25) is 0 Å². The quantitative estimate of drug-likeness (QED) is 0.122. The van der Waals surface area contributed by atoms with E-state index in [9.17, 15) is 0 Å². The van der Waals surface area contributed by atoms with Crippen LogP contribution in [0, 0.1) is 0 Å². The molecule has 0 amide bonds. The van der Waals surface area contributed by atoms with Gasteiger partial charge in [0.1, 0.15) is 0 Å². The zero-order valence-electron chi connectivity index (χ0n) is 31.8. The van der Waals surface area contributed by atoms with Crippen LogP contribution in [0.1, 0.15) is 0 Å². The third kappa shape index (κ3) is 5.84. The highest BCUT2D eigenvalue weighted by atomic mass is 14.7. The maximum Gasteiger partial charge on any atom is 0.0722 e. The summed E-state index contributed by atoms with van der Waals surface area (Å²) in [4.78, 5) is 5.27. The Morgan fingerprint density at radius 2 is 0.741 bits per heavy atom. The minimum atomic E-state index is 0.966. The lowest BCUT2D eigenvalue weighted by Gasteiger charge is -2.18. The van der Waals surface area contributed by atoms with Gasteiger partial charge >= 0.3 is 0 Å². The van der Waals surface area contributed by atoms with Crippen molar-refractivity contribution in [1.82, 2.24) is 4.98 Å². The molecule has 1 heteroatoms. The van der Waals surface area contributed by atoms with Gasteiger partial charge in [-0.1, -0.05) is 200 Å². The van der Waals surface area contributed by atoms with Crippen LogP contribution < -0.4 is 0 Å². The third-order valence-corrected chi connectivity index (χ3v) is 11.6. The van der Waals surface area contributed by atoms with Gasteiger partial charge in [0.25, 0.3) is 0 Å². The van der Waals surface area contributed by atoms with E-state index in [0.717, 1.165) is 22.3 Å². The summed E-state index contributed by atoms with van der Waals surface area (Å²) in [5, 5.41) is 8.67. The van der Waals surface area contributed by atoms with Crippen molar-refractivity contribution in [3.8, 4) is 66.9 Å². The molecule has 0 unspecified atom stereocenters. The van der Waals surface area contributed by atoms with E-state index >= 15 is 0 Å². The molecule has 0 aliphatic carbocycles. The molecule has 0 radical (unpaired) electrons. The molecule has 11 aromatic rings. The summed E-state index contributed by atoms with van der Waals surface area (Å²) in [6.45, 7) is 0. The summed E-state index contributed by atoms with van der Waals surface area (Å²) < 4.78 is 0. The predicted molar refractivity (Wildman–Crippen MR) is 247 cm³/mol. The molecule has 0 N–H and O–H groups in total. The molecule has 1 aromatic heterocycles. The molecule has 1 heterocycles. The lowest BCUT2D eigenvalue weighted by molar-refractivity contribution is 1.40. The second kappa shape index (κ2) is 14.2. The van der Waals surface area contributed by atoms with Crippen molar-refractivity contribution in [1.29, 1.82) is 0 Å². The summed E-state index contributed by atoms with van der Waals surface area (Å²) in [7, 11) is 0. The van der Waals surface area contributed by atoms with Gasteiger partial charge in [-0.3, -0.25) is 0 Å². The van der Waals surface area contributed by atoms with Crippen molar-refractivity contribution in [2.45, 2.75) is 0 Å². The normalized spacial score (nSPS) is 11.4. The molecule has 0 saturated heterocycles. The Morgan fingerprint density at radius 3 is 1.40 bits per heavy atom.